The Hall–Kier alpha value is -3.17. The van der Waals surface area contributed by atoms with E-state index in [1.54, 1.807) is 29.9 Å². The van der Waals surface area contributed by atoms with Crippen LogP contribution in [-0.2, 0) is 24.3 Å². The number of fused-ring (bicyclic) bond motifs is 1. The fourth-order valence-corrected chi connectivity index (χ4v) is 5.06. The zero-order chi connectivity index (χ0) is 23.5. The molecule has 33 heavy (non-hydrogen) atoms. The number of aromatic nitrogens is 1. The molecular formula is C24H23F3N4OS. The van der Waals surface area contributed by atoms with Crippen molar-refractivity contribution in [2.75, 3.05) is 5.32 Å². The van der Waals surface area contributed by atoms with Gasteiger partial charge in [-0.25, -0.2) is 17.9 Å². The van der Waals surface area contributed by atoms with Gasteiger partial charge >= 0.3 is 0 Å². The highest BCUT2D eigenvalue weighted by molar-refractivity contribution is 7.84. The van der Waals surface area contributed by atoms with Crippen molar-refractivity contribution < 1.29 is 18.0 Å². The van der Waals surface area contributed by atoms with E-state index in [4.69, 9.17) is 4.78 Å². The zero-order valence-electron chi connectivity index (χ0n) is 17.9. The number of halogens is 3. The van der Waals surface area contributed by atoms with Crippen molar-refractivity contribution >= 4 is 28.5 Å². The maximum Gasteiger partial charge on any atom is 0.272 e. The van der Waals surface area contributed by atoms with Gasteiger partial charge in [-0.15, -0.1) is 0 Å². The molecule has 1 amide bonds. The van der Waals surface area contributed by atoms with Gasteiger partial charge in [0, 0.05) is 36.6 Å². The highest BCUT2D eigenvalue weighted by Gasteiger charge is 2.24. The molecule has 1 aromatic heterocycles. The molecule has 0 fully saturated rings. The smallest absolute Gasteiger partial charge is 0.272 e. The lowest BCUT2D eigenvalue weighted by Crippen LogP contribution is -2.27. The number of rotatable bonds is 6. The third-order valence-corrected chi connectivity index (χ3v) is 6.76. The Morgan fingerprint density at radius 1 is 1.15 bits per heavy atom. The van der Waals surface area contributed by atoms with E-state index in [1.165, 1.54) is 18.2 Å². The maximum absolute atomic E-state index is 13.5. The highest BCUT2D eigenvalue weighted by Crippen LogP contribution is 2.26. The fraction of sp³-hybridized carbons (Fsp3) is 0.208. The molecule has 0 bridgehead atoms. The predicted octanol–water partition coefficient (Wildman–Crippen LogP) is 5.36. The van der Waals surface area contributed by atoms with Crippen LogP contribution < -0.4 is 10.0 Å². The minimum Gasteiger partial charge on any atom is -0.345 e. The van der Waals surface area contributed by atoms with Crippen LogP contribution in [0.1, 0.15) is 34.5 Å². The summed E-state index contributed by atoms with van der Waals surface area (Å²) in [5, 5.41) is 2.60. The van der Waals surface area contributed by atoms with Crippen molar-refractivity contribution in [1.82, 2.24) is 9.29 Å². The van der Waals surface area contributed by atoms with Crippen LogP contribution in [-0.4, -0.2) is 16.5 Å². The van der Waals surface area contributed by atoms with Crippen molar-refractivity contribution in [3.05, 3.63) is 89.0 Å². The topological polar surface area (TPSA) is 69.9 Å². The van der Waals surface area contributed by atoms with E-state index in [-0.39, 0.29) is 17.5 Å². The van der Waals surface area contributed by atoms with Crippen LogP contribution in [0.25, 0.3) is 6.08 Å². The number of nitrogens with zero attached hydrogens (tertiary/aromatic N) is 1. The van der Waals surface area contributed by atoms with Crippen LogP contribution in [0.15, 0.2) is 59.6 Å². The standard InChI is InChI=1S/C24H23F3N4OS/c1-31-14-22-19(23(31)24(32)29-18-10-12-20(26)21(27)13-18)11-9-17(30-33(22)28)4-2-3-15-5-7-16(25)8-6-15/h5-14,17H,2-4H2,1H3,(H2,28,30)(H,29,32). The van der Waals surface area contributed by atoms with Crippen molar-refractivity contribution in [3.63, 3.8) is 0 Å². The molecule has 0 aliphatic carbocycles. The molecule has 2 unspecified atom stereocenters. The van der Waals surface area contributed by atoms with Crippen LogP contribution in [0.4, 0.5) is 18.9 Å². The Labute approximate surface area is 192 Å². The van der Waals surface area contributed by atoms with Crippen molar-refractivity contribution in [2.45, 2.75) is 30.2 Å². The lowest BCUT2D eigenvalue weighted by Gasteiger charge is -2.14. The van der Waals surface area contributed by atoms with E-state index in [9.17, 15) is 18.0 Å². The van der Waals surface area contributed by atoms with Gasteiger partial charge in [-0.3, -0.25) is 9.57 Å². The molecule has 3 aromatic rings. The fourth-order valence-electron chi connectivity index (χ4n) is 3.79. The van der Waals surface area contributed by atoms with E-state index < -0.39 is 28.4 Å². The average molecular weight is 473 g/mol. The average Bonchev–Trinajstić information content (AvgIpc) is 3.04. The minimum atomic E-state index is -1.05. The van der Waals surface area contributed by atoms with Crippen molar-refractivity contribution in [3.8, 4) is 0 Å². The SMILES string of the molecule is Cn1cc2c(c1C(=O)Nc1ccc(F)c(F)c1)C=CC(CCCc1ccc(F)cc1)NS2=N. The highest BCUT2D eigenvalue weighted by atomic mass is 32.2. The summed E-state index contributed by atoms with van der Waals surface area (Å²) >= 11 is 0. The molecule has 172 valence electrons. The normalized spacial score (nSPS) is 17.5. The van der Waals surface area contributed by atoms with Gasteiger partial charge in [0.1, 0.15) is 11.5 Å². The molecule has 2 aromatic carbocycles. The monoisotopic (exact) mass is 472 g/mol. The zero-order valence-corrected chi connectivity index (χ0v) is 18.7. The molecule has 0 radical (unpaired) electrons. The molecule has 1 aliphatic heterocycles. The number of carbonyl (C=O) groups excluding carboxylic acids is 1. The van der Waals surface area contributed by atoms with E-state index in [1.807, 2.05) is 12.2 Å². The van der Waals surface area contributed by atoms with Crippen LogP contribution in [0.3, 0.4) is 0 Å². The van der Waals surface area contributed by atoms with E-state index >= 15 is 0 Å². The quantitative estimate of drug-likeness (QED) is 0.452. The Balaban J connectivity index is 1.48. The lowest BCUT2D eigenvalue weighted by molar-refractivity contribution is 0.101. The van der Waals surface area contributed by atoms with Gasteiger partial charge in [0.25, 0.3) is 5.91 Å². The first-order valence-electron chi connectivity index (χ1n) is 10.4. The molecule has 3 N–H and O–H groups in total. The summed E-state index contributed by atoms with van der Waals surface area (Å²) in [6.45, 7) is 0. The van der Waals surface area contributed by atoms with Gasteiger partial charge in [0.15, 0.2) is 11.6 Å². The molecule has 0 saturated heterocycles. The molecule has 9 heteroatoms. The maximum atomic E-state index is 13.5. The second kappa shape index (κ2) is 9.76. The molecule has 5 nitrogen and oxygen atoms in total. The second-order valence-electron chi connectivity index (χ2n) is 7.86. The molecule has 4 rings (SSSR count). The summed E-state index contributed by atoms with van der Waals surface area (Å²) in [6, 6.07) is 9.57. The van der Waals surface area contributed by atoms with Gasteiger partial charge in [-0.05, 0) is 60.0 Å². The number of hydrogen-bond donors (Lipinski definition) is 3. The van der Waals surface area contributed by atoms with Gasteiger partial charge < -0.3 is 9.88 Å². The van der Waals surface area contributed by atoms with Crippen LogP contribution in [0.2, 0.25) is 0 Å². The first kappa shape index (κ1) is 23.0. The molecule has 0 spiro atoms. The Morgan fingerprint density at radius 2 is 1.91 bits per heavy atom. The molecule has 0 saturated carbocycles. The number of anilines is 1. The summed E-state index contributed by atoms with van der Waals surface area (Å²) in [5.41, 5.74) is 2.17. The second-order valence-corrected chi connectivity index (χ2v) is 9.15. The molecule has 1 aliphatic rings. The number of aryl methyl sites for hydroxylation is 2. The van der Waals surface area contributed by atoms with Crippen molar-refractivity contribution in [2.24, 2.45) is 7.05 Å². The van der Waals surface area contributed by atoms with E-state index in [0.29, 0.717) is 16.2 Å². The predicted molar refractivity (Wildman–Crippen MR) is 123 cm³/mol. The summed E-state index contributed by atoms with van der Waals surface area (Å²) < 4.78 is 53.2. The van der Waals surface area contributed by atoms with Crippen LogP contribution >= 0.6 is 0 Å². The van der Waals surface area contributed by atoms with Gasteiger partial charge in [-0.2, -0.15) is 0 Å². The minimum absolute atomic E-state index is 0.0499. The Morgan fingerprint density at radius 3 is 2.64 bits per heavy atom. The molecule has 2 atom stereocenters. The first-order valence-corrected chi connectivity index (χ1v) is 11.6. The number of benzene rings is 2. The van der Waals surface area contributed by atoms with Crippen molar-refractivity contribution in [1.29, 1.82) is 4.78 Å². The third kappa shape index (κ3) is 5.26. The lowest BCUT2D eigenvalue weighted by atomic mass is 10.0. The number of amides is 1. The number of nitrogens with one attached hydrogen (secondary N) is 3. The number of carbonyl (C=O) groups is 1. The molecule has 2 heterocycles. The Kier molecular flexibility index (Phi) is 6.80. The molecular weight excluding hydrogens is 449 g/mol. The van der Waals surface area contributed by atoms with Gasteiger partial charge in [0.2, 0.25) is 0 Å². The van der Waals surface area contributed by atoms with Gasteiger partial charge in [0.05, 0.1) is 4.90 Å². The number of hydrogen-bond acceptors (Lipinski definition) is 2. The van der Waals surface area contributed by atoms with E-state index in [0.717, 1.165) is 37.0 Å². The van der Waals surface area contributed by atoms with Crippen LogP contribution in [0.5, 0.6) is 0 Å². The van der Waals surface area contributed by atoms with E-state index in [2.05, 4.69) is 10.0 Å². The summed E-state index contributed by atoms with van der Waals surface area (Å²) in [7, 11) is 0.663. The van der Waals surface area contributed by atoms with Gasteiger partial charge in [-0.1, -0.05) is 24.3 Å². The first-order chi connectivity index (χ1) is 15.8. The summed E-state index contributed by atoms with van der Waals surface area (Å²) in [4.78, 5) is 13.6. The summed E-state index contributed by atoms with van der Waals surface area (Å²) in [6.07, 6.45) is 7.96. The Bertz CT molecular complexity index is 1240. The largest absolute Gasteiger partial charge is 0.345 e. The summed E-state index contributed by atoms with van der Waals surface area (Å²) in [5.74, 6) is -2.76. The third-order valence-electron chi connectivity index (χ3n) is 5.45. The van der Waals surface area contributed by atoms with Crippen LogP contribution in [0, 0.1) is 22.2 Å².